The van der Waals surface area contributed by atoms with Crippen LogP contribution in [0.3, 0.4) is 0 Å². The second-order valence-corrected chi connectivity index (χ2v) is 8.95. The van der Waals surface area contributed by atoms with Gasteiger partial charge in [-0.15, -0.1) is 0 Å². The van der Waals surface area contributed by atoms with Crippen molar-refractivity contribution in [2.24, 2.45) is 0 Å². The maximum absolute atomic E-state index is 13.5. The number of carbonyl (C=O) groups is 2. The van der Waals surface area contributed by atoms with Crippen molar-refractivity contribution in [1.82, 2.24) is 9.88 Å². The normalized spacial score (nSPS) is 15.2. The number of hydrogen-bond donors (Lipinski definition) is 2. The van der Waals surface area contributed by atoms with Crippen LogP contribution >= 0.6 is 0 Å². The highest BCUT2D eigenvalue weighted by Crippen LogP contribution is 2.29. The van der Waals surface area contributed by atoms with E-state index in [0.29, 0.717) is 25.7 Å². The number of aromatic nitrogens is 1. The van der Waals surface area contributed by atoms with Crippen LogP contribution in [0.25, 0.3) is 0 Å². The van der Waals surface area contributed by atoms with Gasteiger partial charge in [-0.25, -0.2) is 9.18 Å². The second-order valence-electron chi connectivity index (χ2n) is 8.95. The SMILES string of the molecule is CCCc1cc(C(=O)NC2(C(=O)O)CCCCC2)c(=O)n(Cc2ccc(F)cc2)c1CCC. The number of aliphatic carboxylic acids is 1. The molecule has 1 saturated carbocycles. The molecule has 7 heteroatoms. The number of carboxylic acid groups (broad SMARTS) is 1. The Kier molecular flexibility index (Phi) is 8.06. The summed E-state index contributed by atoms with van der Waals surface area (Å²) in [6.07, 6.45) is 6.12. The summed E-state index contributed by atoms with van der Waals surface area (Å²) in [5, 5.41) is 12.6. The number of benzene rings is 1. The molecule has 6 nitrogen and oxygen atoms in total. The molecule has 33 heavy (non-hydrogen) atoms. The lowest BCUT2D eigenvalue weighted by atomic mass is 9.81. The van der Waals surface area contributed by atoms with Crippen LogP contribution in [0.5, 0.6) is 0 Å². The standard InChI is InChI=1S/C26H33FN2O4/c1-3-8-19-16-21(23(30)28-26(25(32)33)14-6-5-7-15-26)24(31)29(22(19)9-4-2)17-18-10-12-20(27)13-11-18/h10-13,16H,3-9,14-15,17H2,1-2H3,(H,28,30)(H,32,33). The Morgan fingerprint density at radius 2 is 1.70 bits per heavy atom. The van der Waals surface area contributed by atoms with E-state index in [2.05, 4.69) is 5.32 Å². The molecule has 1 aromatic heterocycles. The Morgan fingerprint density at radius 3 is 2.27 bits per heavy atom. The first-order valence-electron chi connectivity index (χ1n) is 11.9. The molecular formula is C26H33FN2O4. The zero-order chi connectivity index (χ0) is 24.0. The van der Waals surface area contributed by atoms with Gasteiger partial charge in [-0.3, -0.25) is 9.59 Å². The van der Waals surface area contributed by atoms with E-state index in [0.717, 1.165) is 48.9 Å². The van der Waals surface area contributed by atoms with E-state index in [-0.39, 0.29) is 17.9 Å². The quantitative estimate of drug-likeness (QED) is 0.583. The maximum atomic E-state index is 13.5. The lowest BCUT2D eigenvalue weighted by Gasteiger charge is -2.34. The molecule has 0 bridgehead atoms. The molecular weight excluding hydrogens is 423 g/mol. The number of nitrogens with one attached hydrogen (secondary N) is 1. The lowest BCUT2D eigenvalue weighted by molar-refractivity contribution is -0.145. The van der Waals surface area contributed by atoms with E-state index in [4.69, 9.17) is 0 Å². The van der Waals surface area contributed by atoms with Gasteiger partial charge in [-0.2, -0.15) is 0 Å². The first-order chi connectivity index (χ1) is 15.8. The molecule has 0 saturated heterocycles. The number of rotatable bonds is 9. The molecule has 1 heterocycles. The number of amides is 1. The van der Waals surface area contributed by atoms with Gasteiger partial charge in [0, 0.05) is 5.69 Å². The number of carboxylic acids is 1. The number of halogens is 1. The van der Waals surface area contributed by atoms with Gasteiger partial charge in [0.1, 0.15) is 16.9 Å². The Labute approximate surface area is 193 Å². The molecule has 3 rings (SSSR count). The summed E-state index contributed by atoms with van der Waals surface area (Å²) in [4.78, 5) is 38.9. The van der Waals surface area contributed by atoms with Crippen LogP contribution in [0.2, 0.25) is 0 Å². The van der Waals surface area contributed by atoms with Crippen molar-refractivity contribution in [2.45, 2.75) is 83.7 Å². The van der Waals surface area contributed by atoms with Crippen LogP contribution in [0, 0.1) is 5.82 Å². The molecule has 178 valence electrons. The number of aryl methyl sites for hydroxylation is 1. The van der Waals surface area contributed by atoms with Crippen molar-refractivity contribution in [1.29, 1.82) is 0 Å². The largest absolute Gasteiger partial charge is 0.480 e. The summed E-state index contributed by atoms with van der Waals surface area (Å²) >= 11 is 0. The predicted molar refractivity (Wildman–Crippen MR) is 125 cm³/mol. The maximum Gasteiger partial charge on any atom is 0.329 e. The molecule has 0 spiro atoms. The number of carbonyl (C=O) groups excluding carboxylic acids is 1. The molecule has 0 atom stereocenters. The van der Waals surface area contributed by atoms with Crippen LogP contribution in [-0.4, -0.2) is 27.1 Å². The molecule has 1 amide bonds. The molecule has 0 radical (unpaired) electrons. The van der Waals surface area contributed by atoms with E-state index in [1.807, 2.05) is 13.8 Å². The smallest absolute Gasteiger partial charge is 0.329 e. The Balaban J connectivity index is 2.07. The third-order valence-corrected chi connectivity index (χ3v) is 6.46. The van der Waals surface area contributed by atoms with Gasteiger partial charge in [0.25, 0.3) is 11.5 Å². The Bertz CT molecular complexity index is 1050. The number of hydrogen-bond acceptors (Lipinski definition) is 3. The van der Waals surface area contributed by atoms with Crippen molar-refractivity contribution >= 4 is 11.9 Å². The minimum atomic E-state index is -1.34. The van der Waals surface area contributed by atoms with E-state index in [1.165, 1.54) is 12.1 Å². The predicted octanol–water partition coefficient (Wildman–Crippen LogP) is 4.46. The van der Waals surface area contributed by atoms with Crippen LogP contribution in [-0.2, 0) is 24.2 Å². The van der Waals surface area contributed by atoms with Crippen LogP contribution in [0.1, 0.15) is 86.0 Å². The molecule has 0 unspecified atom stereocenters. The van der Waals surface area contributed by atoms with Crippen molar-refractivity contribution in [3.63, 3.8) is 0 Å². The first kappa shape index (κ1) is 24.7. The van der Waals surface area contributed by atoms with E-state index in [1.54, 1.807) is 22.8 Å². The van der Waals surface area contributed by atoms with Gasteiger partial charge >= 0.3 is 5.97 Å². The van der Waals surface area contributed by atoms with Crippen molar-refractivity contribution < 1.29 is 19.1 Å². The summed E-state index contributed by atoms with van der Waals surface area (Å²) in [5.41, 5.74) is 0.722. The number of nitrogens with zero attached hydrogens (tertiary/aromatic N) is 1. The highest BCUT2D eigenvalue weighted by atomic mass is 19.1. The minimum absolute atomic E-state index is 0.0355. The Hall–Kier alpha value is -2.96. The van der Waals surface area contributed by atoms with Gasteiger partial charge in [0.05, 0.1) is 6.54 Å². The van der Waals surface area contributed by atoms with Crippen molar-refractivity contribution in [3.8, 4) is 0 Å². The van der Waals surface area contributed by atoms with Gasteiger partial charge in [0.2, 0.25) is 0 Å². The van der Waals surface area contributed by atoms with Gasteiger partial charge < -0.3 is 15.0 Å². The summed E-state index contributed by atoms with van der Waals surface area (Å²) in [5.74, 6) is -2.05. The molecule has 2 N–H and O–H groups in total. The molecule has 1 aliphatic carbocycles. The average Bonchev–Trinajstić information content (AvgIpc) is 2.79. The van der Waals surface area contributed by atoms with Gasteiger partial charge in [-0.05, 0) is 55.0 Å². The fraction of sp³-hybridized carbons (Fsp3) is 0.500. The van der Waals surface area contributed by atoms with E-state index < -0.39 is 23.0 Å². The zero-order valence-corrected chi connectivity index (χ0v) is 19.5. The summed E-state index contributed by atoms with van der Waals surface area (Å²) in [6, 6.07) is 7.61. The molecule has 0 aliphatic heterocycles. The molecule has 1 aromatic carbocycles. The van der Waals surface area contributed by atoms with Crippen molar-refractivity contribution in [3.05, 3.63) is 68.9 Å². The third-order valence-electron chi connectivity index (χ3n) is 6.46. The fourth-order valence-electron chi connectivity index (χ4n) is 4.71. The van der Waals surface area contributed by atoms with Gasteiger partial charge in [-0.1, -0.05) is 58.1 Å². The summed E-state index contributed by atoms with van der Waals surface area (Å²) in [6.45, 7) is 4.28. The van der Waals surface area contributed by atoms with Gasteiger partial charge in [0.15, 0.2) is 0 Å². The second kappa shape index (κ2) is 10.8. The molecule has 2 aromatic rings. The third kappa shape index (κ3) is 5.52. The van der Waals surface area contributed by atoms with Crippen molar-refractivity contribution in [2.75, 3.05) is 0 Å². The van der Waals surface area contributed by atoms with Crippen LogP contribution < -0.4 is 10.9 Å². The summed E-state index contributed by atoms with van der Waals surface area (Å²) in [7, 11) is 0. The number of pyridine rings is 1. The summed E-state index contributed by atoms with van der Waals surface area (Å²) < 4.78 is 15.0. The zero-order valence-electron chi connectivity index (χ0n) is 19.5. The minimum Gasteiger partial charge on any atom is -0.480 e. The van der Waals surface area contributed by atoms with Crippen LogP contribution in [0.15, 0.2) is 35.1 Å². The lowest BCUT2D eigenvalue weighted by Crippen LogP contribution is -2.56. The van der Waals surface area contributed by atoms with E-state index >= 15 is 0 Å². The first-order valence-corrected chi connectivity index (χ1v) is 11.9. The highest BCUT2D eigenvalue weighted by molar-refractivity contribution is 5.97. The monoisotopic (exact) mass is 456 g/mol. The fourth-order valence-corrected chi connectivity index (χ4v) is 4.71. The Morgan fingerprint density at radius 1 is 1.06 bits per heavy atom. The molecule has 1 aliphatic rings. The highest BCUT2D eigenvalue weighted by Gasteiger charge is 2.41. The average molecular weight is 457 g/mol. The van der Waals surface area contributed by atoms with Crippen LogP contribution in [0.4, 0.5) is 4.39 Å². The van der Waals surface area contributed by atoms with E-state index in [9.17, 15) is 23.9 Å². The molecule has 1 fully saturated rings. The topological polar surface area (TPSA) is 88.4 Å².